The Morgan fingerprint density at radius 2 is 2.05 bits per heavy atom. The lowest BCUT2D eigenvalue weighted by atomic mass is 9.90. The summed E-state index contributed by atoms with van der Waals surface area (Å²) >= 11 is 0. The Labute approximate surface area is 128 Å². The van der Waals surface area contributed by atoms with Gasteiger partial charge in [-0.25, -0.2) is 0 Å². The number of morpholine rings is 1. The predicted molar refractivity (Wildman–Crippen MR) is 82.7 cm³/mol. The Morgan fingerprint density at radius 3 is 2.82 bits per heavy atom. The van der Waals surface area contributed by atoms with E-state index in [2.05, 4.69) is 27.5 Å². The van der Waals surface area contributed by atoms with Gasteiger partial charge in [0.1, 0.15) is 0 Å². The summed E-state index contributed by atoms with van der Waals surface area (Å²) in [7, 11) is 2.15. The lowest BCUT2D eigenvalue weighted by Crippen LogP contribution is -2.59. The average Bonchev–Trinajstić information content (AvgIpc) is 2.92. The number of nitrogens with zero attached hydrogens (tertiary/aromatic N) is 2. The van der Waals surface area contributed by atoms with E-state index in [1.165, 1.54) is 0 Å². The van der Waals surface area contributed by atoms with Gasteiger partial charge in [-0.3, -0.25) is 14.8 Å². The molecule has 1 aromatic heterocycles. The molecular weight excluding hydrogens is 280 g/mol. The average molecular weight is 300 g/mol. The topological polar surface area (TPSA) is 70.2 Å². The molecule has 2 fully saturated rings. The Hall–Kier alpha value is -1.92. The van der Waals surface area contributed by atoms with Crippen LogP contribution in [0, 0.1) is 0 Å². The molecule has 0 aliphatic carbocycles. The molecule has 22 heavy (non-hydrogen) atoms. The van der Waals surface area contributed by atoms with Crippen LogP contribution in [0.2, 0.25) is 0 Å². The van der Waals surface area contributed by atoms with Crippen LogP contribution >= 0.6 is 0 Å². The van der Waals surface area contributed by atoms with Crippen LogP contribution in [-0.2, 0) is 4.74 Å². The van der Waals surface area contributed by atoms with Crippen molar-refractivity contribution in [3.8, 4) is 0 Å². The molecule has 0 spiro atoms. The maximum Gasteiger partial charge on any atom is 0.272 e. The summed E-state index contributed by atoms with van der Waals surface area (Å²) in [6.07, 6.45) is 1.86. The summed E-state index contributed by atoms with van der Waals surface area (Å²) in [6.45, 7) is 1.51. The number of hydrogen-bond donors (Lipinski definition) is 2. The maximum atomic E-state index is 12.6. The highest BCUT2D eigenvalue weighted by Gasteiger charge is 2.37. The molecule has 3 atom stereocenters. The van der Waals surface area contributed by atoms with E-state index in [0.717, 1.165) is 37.0 Å². The van der Waals surface area contributed by atoms with Gasteiger partial charge in [0.05, 0.1) is 18.7 Å². The molecule has 2 bridgehead atoms. The van der Waals surface area contributed by atoms with Crippen LogP contribution < -0.4 is 5.32 Å². The van der Waals surface area contributed by atoms with Crippen molar-refractivity contribution in [3.05, 3.63) is 30.0 Å². The summed E-state index contributed by atoms with van der Waals surface area (Å²) in [6, 6.07) is 8.69. The highest BCUT2D eigenvalue weighted by Crippen LogP contribution is 2.26. The van der Waals surface area contributed by atoms with Crippen molar-refractivity contribution in [2.45, 2.75) is 31.0 Å². The molecule has 2 aliphatic rings. The van der Waals surface area contributed by atoms with Gasteiger partial charge in [-0.15, -0.1) is 0 Å². The van der Waals surface area contributed by atoms with Crippen molar-refractivity contribution in [2.24, 2.45) is 0 Å². The Balaban J connectivity index is 1.50. The Morgan fingerprint density at radius 1 is 1.32 bits per heavy atom. The van der Waals surface area contributed by atoms with Gasteiger partial charge in [-0.05, 0) is 26.0 Å². The number of aromatic nitrogens is 2. The first kappa shape index (κ1) is 13.7. The number of likely N-dealkylation sites (N-methyl/N-ethyl adjacent to an activating group) is 1. The third-order valence-corrected chi connectivity index (χ3v) is 4.91. The fourth-order valence-electron chi connectivity index (χ4n) is 3.60. The quantitative estimate of drug-likeness (QED) is 0.873. The van der Waals surface area contributed by atoms with Gasteiger partial charge in [0.15, 0.2) is 5.69 Å². The monoisotopic (exact) mass is 300 g/mol. The van der Waals surface area contributed by atoms with E-state index < -0.39 is 0 Å². The van der Waals surface area contributed by atoms with E-state index in [1.807, 2.05) is 24.3 Å². The third-order valence-electron chi connectivity index (χ3n) is 4.91. The van der Waals surface area contributed by atoms with Crippen molar-refractivity contribution in [1.82, 2.24) is 20.4 Å². The number of carbonyl (C=O) groups is 1. The number of ether oxygens (including phenoxy) is 1. The number of carbonyl (C=O) groups excluding carboxylic acids is 1. The van der Waals surface area contributed by atoms with E-state index in [1.54, 1.807) is 0 Å². The molecule has 0 unspecified atom stereocenters. The third kappa shape index (κ3) is 2.28. The summed E-state index contributed by atoms with van der Waals surface area (Å²) in [4.78, 5) is 14.9. The molecule has 1 aromatic carbocycles. The molecule has 0 saturated carbocycles. The van der Waals surface area contributed by atoms with E-state index in [-0.39, 0.29) is 11.9 Å². The van der Waals surface area contributed by atoms with E-state index in [9.17, 15) is 4.79 Å². The highest BCUT2D eigenvalue weighted by atomic mass is 16.5. The van der Waals surface area contributed by atoms with Crippen molar-refractivity contribution in [2.75, 3.05) is 20.3 Å². The van der Waals surface area contributed by atoms with Gasteiger partial charge >= 0.3 is 0 Å². The summed E-state index contributed by atoms with van der Waals surface area (Å²) in [5.41, 5.74) is 1.37. The molecule has 6 nitrogen and oxygen atoms in total. The van der Waals surface area contributed by atoms with Gasteiger partial charge in [0, 0.05) is 23.5 Å². The molecule has 2 aliphatic heterocycles. The normalized spacial score (nSPS) is 28.7. The zero-order valence-electron chi connectivity index (χ0n) is 12.6. The fourth-order valence-corrected chi connectivity index (χ4v) is 3.60. The molecule has 2 aromatic rings. The van der Waals surface area contributed by atoms with Crippen LogP contribution in [0.15, 0.2) is 24.3 Å². The second kappa shape index (κ2) is 5.37. The molecule has 3 heterocycles. The van der Waals surface area contributed by atoms with Crippen LogP contribution in [0.3, 0.4) is 0 Å². The van der Waals surface area contributed by atoms with E-state index in [0.29, 0.717) is 17.8 Å². The van der Waals surface area contributed by atoms with Crippen LogP contribution in [0.25, 0.3) is 10.9 Å². The second-order valence-electron chi connectivity index (χ2n) is 6.27. The number of benzene rings is 1. The first-order valence-corrected chi connectivity index (χ1v) is 7.76. The lowest BCUT2D eigenvalue weighted by Gasteiger charge is -2.46. The van der Waals surface area contributed by atoms with Crippen molar-refractivity contribution in [3.63, 3.8) is 0 Å². The molecule has 6 heteroatoms. The maximum absolute atomic E-state index is 12.6. The zero-order chi connectivity index (χ0) is 15.1. The number of nitrogens with one attached hydrogen (secondary N) is 2. The van der Waals surface area contributed by atoms with Crippen LogP contribution in [0.5, 0.6) is 0 Å². The Bertz CT molecular complexity index is 684. The number of H-pyrrole nitrogens is 1. The minimum atomic E-state index is -0.0917. The molecule has 2 saturated heterocycles. The molecule has 0 radical (unpaired) electrons. The summed E-state index contributed by atoms with van der Waals surface area (Å²) in [5.74, 6) is -0.0917. The highest BCUT2D eigenvalue weighted by molar-refractivity contribution is 6.04. The number of hydrogen-bond acceptors (Lipinski definition) is 4. The number of rotatable bonds is 2. The number of amides is 1. The standard InChI is InChI=1S/C16H20N4O2/c1-20-11-6-10(7-12(20)9-22-8-11)17-16(21)15-13-4-2-3-5-14(13)18-19-15/h2-5,10-12H,6-9H2,1H3,(H,17,21)(H,18,19)/t10-,11-,12+. The van der Waals surface area contributed by atoms with E-state index >= 15 is 0 Å². The fraction of sp³-hybridized carbons (Fsp3) is 0.500. The first-order valence-electron chi connectivity index (χ1n) is 7.76. The minimum Gasteiger partial charge on any atom is -0.378 e. The van der Waals surface area contributed by atoms with Gasteiger partial charge in [0.25, 0.3) is 5.91 Å². The number of aromatic amines is 1. The van der Waals surface area contributed by atoms with E-state index in [4.69, 9.17) is 4.74 Å². The van der Waals surface area contributed by atoms with Gasteiger partial charge in [-0.1, -0.05) is 18.2 Å². The predicted octanol–water partition coefficient (Wildman–Crippen LogP) is 1.15. The van der Waals surface area contributed by atoms with Gasteiger partial charge in [0.2, 0.25) is 0 Å². The SMILES string of the molecule is CN1[C@@H]2COC[C@H]1C[C@@H](NC(=O)c1n[nH]c3ccccc13)C2. The molecular formula is C16H20N4O2. The zero-order valence-corrected chi connectivity index (χ0v) is 12.6. The number of piperidine rings is 1. The summed E-state index contributed by atoms with van der Waals surface area (Å²) < 4.78 is 5.62. The van der Waals surface area contributed by atoms with Crippen LogP contribution in [-0.4, -0.2) is 59.4 Å². The first-order chi connectivity index (χ1) is 10.7. The number of fused-ring (bicyclic) bond motifs is 3. The summed E-state index contributed by atoms with van der Waals surface area (Å²) in [5, 5.41) is 11.1. The second-order valence-corrected chi connectivity index (χ2v) is 6.27. The van der Waals surface area contributed by atoms with Crippen molar-refractivity contribution in [1.29, 1.82) is 0 Å². The van der Waals surface area contributed by atoms with Crippen LogP contribution in [0.4, 0.5) is 0 Å². The van der Waals surface area contributed by atoms with Crippen molar-refractivity contribution < 1.29 is 9.53 Å². The largest absolute Gasteiger partial charge is 0.378 e. The molecule has 2 N–H and O–H groups in total. The molecule has 4 rings (SSSR count). The molecule has 1 amide bonds. The van der Waals surface area contributed by atoms with Gasteiger partial charge < -0.3 is 10.1 Å². The van der Waals surface area contributed by atoms with Crippen molar-refractivity contribution >= 4 is 16.8 Å². The van der Waals surface area contributed by atoms with Gasteiger partial charge in [-0.2, -0.15) is 5.10 Å². The van der Waals surface area contributed by atoms with Crippen LogP contribution in [0.1, 0.15) is 23.3 Å². The lowest BCUT2D eigenvalue weighted by molar-refractivity contribution is -0.0670. The molecule has 116 valence electrons. The number of para-hydroxylation sites is 1. The Kier molecular flexibility index (Phi) is 3.35. The minimum absolute atomic E-state index is 0.0917. The smallest absolute Gasteiger partial charge is 0.272 e.